The van der Waals surface area contributed by atoms with Crippen molar-refractivity contribution >= 4 is 19.9 Å². The molecule has 0 unspecified atom stereocenters. The predicted octanol–water partition coefficient (Wildman–Crippen LogP) is 1.68. The first-order valence-electron chi connectivity index (χ1n) is 7.39. The Morgan fingerprint density at radius 1 is 1.00 bits per heavy atom. The summed E-state index contributed by atoms with van der Waals surface area (Å²) in [6.45, 7) is -0.279. The number of halogens is 1. The Balaban J connectivity index is 1.78. The van der Waals surface area contributed by atoms with Crippen LogP contribution in [-0.4, -0.2) is 46.6 Å². The van der Waals surface area contributed by atoms with Crippen LogP contribution < -0.4 is 4.74 Å². The van der Waals surface area contributed by atoms with E-state index < -0.39 is 30.9 Å². The van der Waals surface area contributed by atoms with E-state index in [0.717, 1.165) is 16.4 Å². The van der Waals surface area contributed by atoms with Gasteiger partial charge in [-0.2, -0.15) is 4.31 Å². The van der Waals surface area contributed by atoms with Crippen LogP contribution in [0.1, 0.15) is 0 Å². The van der Waals surface area contributed by atoms with E-state index in [9.17, 15) is 21.2 Å². The molecule has 9 heteroatoms. The minimum Gasteiger partial charge on any atom is -0.497 e. The highest BCUT2D eigenvalue weighted by Crippen LogP contribution is 2.29. The maximum atomic E-state index is 12.9. The van der Waals surface area contributed by atoms with E-state index in [4.69, 9.17) is 4.74 Å². The summed E-state index contributed by atoms with van der Waals surface area (Å²) >= 11 is 0. The third kappa shape index (κ3) is 3.26. The molecular weight excluding hydrogens is 369 g/mol. The Labute approximate surface area is 145 Å². The molecule has 0 aliphatic carbocycles. The number of nitrogens with zero attached hydrogens (tertiary/aromatic N) is 1. The zero-order valence-corrected chi connectivity index (χ0v) is 14.9. The van der Waals surface area contributed by atoms with Gasteiger partial charge in [-0.25, -0.2) is 21.2 Å². The average Bonchev–Trinajstić information content (AvgIpc) is 2.53. The van der Waals surface area contributed by atoms with Crippen LogP contribution in [0.3, 0.4) is 0 Å². The molecule has 1 aliphatic rings. The predicted molar refractivity (Wildman–Crippen MR) is 89.1 cm³/mol. The Morgan fingerprint density at radius 3 is 2.24 bits per heavy atom. The van der Waals surface area contributed by atoms with Gasteiger partial charge in [-0.1, -0.05) is 6.07 Å². The lowest BCUT2D eigenvalue weighted by Gasteiger charge is -2.37. The highest BCUT2D eigenvalue weighted by atomic mass is 32.2. The molecule has 0 saturated carbocycles. The van der Waals surface area contributed by atoms with Gasteiger partial charge in [-0.15, -0.1) is 0 Å². The van der Waals surface area contributed by atoms with Crippen LogP contribution in [0, 0.1) is 5.82 Å². The van der Waals surface area contributed by atoms with Crippen molar-refractivity contribution in [3.63, 3.8) is 0 Å². The zero-order chi connectivity index (χ0) is 18.2. The number of sulfone groups is 1. The van der Waals surface area contributed by atoms with Gasteiger partial charge >= 0.3 is 0 Å². The van der Waals surface area contributed by atoms with Gasteiger partial charge in [0.2, 0.25) is 10.0 Å². The van der Waals surface area contributed by atoms with Gasteiger partial charge in [0, 0.05) is 19.2 Å². The van der Waals surface area contributed by atoms with Crippen LogP contribution in [0.15, 0.2) is 58.3 Å². The van der Waals surface area contributed by atoms with Gasteiger partial charge in [0.05, 0.1) is 22.2 Å². The minimum absolute atomic E-state index is 0.0164. The van der Waals surface area contributed by atoms with Crippen molar-refractivity contribution in [2.45, 2.75) is 15.0 Å². The van der Waals surface area contributed by atoms with Crippen LogP contribution in [-0.2, 0) is 19.9 Å². The quantitative estimate of drug-likeness (QED) is 0.732. The van der Waals surface area contributed by atoms with Crippen LogP contribution >= 0.6 is 0 Å². The molecule has 1 aliphatic heterocycles. The first kappa shape index (κ1) is 17.8. The van der Waals surface area contributed by atoms with Crippen molar-refractivity contribution < 1.29 is 26.0 Å². The maximum absolute atomic E-state index is 12.9. The summed E-state index contributed by atoms with van der Waals surface area (Å²) < 4.78 is 69.1. The maximum Gasteiger partial charge on any atom is 0.243 e. The normalized spacial score (nSPS) is 16.4. The molecule has 2 aromatic rings. The Kier molecular flexibility index (Phi) is 4.56. The standard InChI is InChI=1S/C16H16FNO5S2/c1-23-13-3-2-4-15(9-13)25(21,22)18-10-16(11-18)24(19,20)14-7-5-12(17)6-8-14/h2-9,16H,10-11H2,1H3. The lowest BCUT2D eigenvalue weighted by Crippen LogP contribution is -2.56. The first-order valence-corrected chi connectivity index (χ1v) is 10.4. The number of sulfonamides is 1. The summed E-state index contributed by atoms with van der Waals surface area (Å²) in [7, 11) is -6.06. The highest BCUT2D eigenvalue weighted by molar-refractivity contribution is 7.92. The summed E-state index contributed by atoms with van der Waals surface area (Å²) in [6, 6.07) is 10.5. The number of ether oxygens (including phenoxy) is 1. The fraction of sp³-hybridized carbons (Fsp3) is 0.250. The zero-order valence-electron chi connectivity index (χ0n) is 13.3. The SMILES string of the molecule is COc1cccc(S(=O)(=O)N2CC(S(=O)(=O)c3ccc(F)cc3)C2)c1. The molecule has 1 saturated heterocycles. The second-order valence-corrected chi connectivity index (χ2v) is 9.79. The Hall–Kier alpha value is -1.97. The fourth-order valence-corrected chi connectivity index (χ4v) is 5.93. The van der Waals surface area contributed by atoms with Crippen LogP contribution in [0.25, 0.3) is 0 Å². The Morgan fingerprint density at radius 2 is 1.64 bits per heavy atom. The van der Waals surface area contributed by atoms with Crippen LogP contribution in [0.4, 0.5) is 4.39 Å². The van der Waals surface area contributed by atoms with E-state index in [1.165, 1.54) is 31.4 Å². The molecule has 1 heterocycles. The molecule has 0 amide bonds. The summed E-state index contributed by atoms with van der Waals surface area (Å²) in [6.07, 6.45) is 0. The summed E-state index contributed by atoms with van der Waals surface area (Å²) in [5, 5.41) is -0.849. The van der Waals surface area contributed by atoms with Crippen molar-refractivity contribution in [3.05, 3.63) is 54.3 Å². The molecule has 134 valence electrons. The van der Waals surface area contributed by atoms with Crippen molar-refractivity contribution in [1.29, 1.82) is 0 Å². The number of hydrogen-bond acceptors (Lipinski definition) is 5. The highest BCUT2D eigenvalue weighted by Gasteiger charge is 2.44. The fourth-order valence-electron chi connectivity index (χ4n) is 2.52. The largest absolute Gasteiger partial charge is 0.497 e. The number of rotatable bonds is 5. The van der Waals surface area contributed by atoms with Gasteiger partial charge in [-0.05, 0) is 36.4 Å². The molecule has 25 heavy (non-hydrogen) atoms. The third-order valence-electron chi connectivity index (χ3n) is 4.07. The molecule has 6 nitrogen and oxygen atoms in total. The molecule has 0 N–H and O–H groups in total. The van der Waals surface area contributed by atoms with Crippen molar-refractivity contribution in [2.75, 3.05) is 20.2 Å². The van der Waals surface area contributed by atoms with E-state index in [1.807, 2.05) is 0 Å². The van der Waals surface area contributed by atoms with Gasteiger partial charge in [0.1, 0.15) is 11.6 Å². The monoisotopic (exact) mass is 385 g/mol. The molecule has 2 aromatic carbocycles. The first-order chi connectivity index (χ1) is 11.7. The lowest BCUT2D eigenvalue weighted by molar-refractivity contribution is 0.309. The number of benzene rings is 2. The summed E-state index contributed by atoms with van der Waals surface area (Å²) in [4.78, 5) is 0.0295. The van der Waals surface area contributed by atoms with Gasteiger partial charge < -0.3 is 4.74 Å². The van der Waals surface area contributed by atoms with Gasteiger partial charge in [-0.3, -0.25) is 0 Å². The number of methoxy groups -OCH3 is 1. The van der Waals surface area contributed by atoms with Crippen molar-refractivity contribution in [1.82, 2.24) is 4.31 Å². The Bertz CT molecular complexity index is 981. The van der Waals surface area contributed by atoms with Crippen molar-refractivity contribution in [2.24, 2.45) is 0 Å². The average molecular weight is 385 g/mol. The topological polar surface area (TPSA) is 80.8 Å². The van der Waals surface area contributed by atoms with Crippen LogP contribution in [0.2, 0.25) is 0 Å². The second-order valence-electron chi connectivity index (χ2n) is 5.62. The van der Waals surface area contributed by atoms with E-state index >= 15 is 0 Å². The molecule has 0 atom stereocenters. The van der Waals surface area contributed by atoms with E-state index in [0.29, 0.717) is 5.75 Å². The molecule has 1 fully saturated rings. The summed E-state index contributed by atoms with van der Waals surface area (Å²) in [5.41, 5.74) is 0. The van der Waals surface area contributed by atoms with E-state index in [1.54, 1.807) is 12.1 Å². The van der Waals surface area contributed by atoms with E-state index in [-0.39, 0.29) is 22.9 Å². The molecule has 0 spiro atoms. The lowest BCUT2D eigenvalue weighted by atomic mass is 10.3. The molecular formula is C16H16FNO5S2. The smallest absolute Gasteiger partial charge is 0.243 e. The van der Waals surface area contributed by atoms with Crippen LogP contribution in [0.5, 0.6) is 5.75 Å². The number of hydrogen-bond donors (Lipinski definition) is 0. The molecule has 0 bridgehead atoms. The van der Waals surface area contributed by atoms with Crippen molar-refractivity contribution in [3.8, 4) is 5.75 Å². The molecule has 0 aromatic heterocycles. The van der Waals surface area contributed by atoms with Gasteiger partial charge in [0.15, 0.2) is 9.84 Å². The second kappa shape index (κ2) is 6.40. The van der Waals surface area contributed by atoms with Gasteiger partial charge in [0.25, 0.3) is 0 Å². The summed E-state index contributed by atoms with van der Waals surface area (Å²) in [5.74, 6) is -0.133. The minimum atomic E-state index is -3.79. The molecule has 3 rings (SSSR count). The van der Waals surface area contributed by atoms with E-state index in [2.05, 4.69) is 0 Å². The third-order valence-corrected chi connectivity index (χ3v) is 8.01. The molecule has 0 radical (unpaired) electrons.